The predicted octanol–water partition coefficient (Wildman–Crippen LogP) is 4.80. The minimum absolute atomic E-state index is 0.188. The van der Waals surface area contributed by atoms with Crippen LogP contribution in [-0.2, 0) is 16.0 Å². The Hall–Kier alpha value is -3.43. The Morgan fingerprint density at radius 1 is 1.03 bits per heavy atom. The highest BCUT2D eigenvalue weighted by Gasteiger charge is 2.10. The Balaban J connectivity index is 1.45. The molecule has 8 nitrogen and oxygen atoms in total. The van der Waals surface area contributed by atoms with Crippen LogP contribution in [0.3, 0.4) is 0 Å². The number of anilines is 3. The van der Waals surface area contributed by atoms with Gasteiger partial charge in [0.1, 0.15) is 0 Å². The number of aromatic nitrogens is 1. The number of benzene rings is 2. The zero-order chi connectivity index (χ0) is 22.2. The Morgan fingerprint density at radius 2 is 1.81 bits per heavy atom. The largest absolute Gasteiger partial charge is 0.465 e. The molecular formula is C21H19ClN4O4S. The maximum atomic E-state index is 12.2. The maximum Gasteiger partial charge on any atom is 0.337 e. The molecule has 2 aromatic carbocycles. The number of halogens is 1. The lowest BCUT2D eigenvalue weighted by Crippen LogP contribution is -2.19. The number of urea groups is 1. The first-order valence-corrected chi connectivity index (χ1v) is 10.4. The van der Waals surface area contributed by atoms with Crippen molar-refractivity contribution >= 4 is 57.4 Å². The van der Waals surface area contributed by atoms with Gasteiger partial charge in [-0.1, -0.05) is 17.7 Å². The number of aryl methyl sites for hydroxylation is 1. The van der Waals surface area contributed by atoms with E-state index >= 15 is 0 Å². The van der Waals surface area contributed by atoms with Crippen molar-refractivity contribution in [1.82, 2.24) is 4.98 Å². The third-order valence-electron chi connectivity index (χ3n) is 4.05. The monoisotopic (exact) mass is 458 g/mol. The highest BCUT2D eigenvalue weighted by Crippen LogP contribution is 2.19. The summed E-state index contributed by atoms with van der Waals surface area (Å²) in [5.74, 6) is -0.626. The van der Waals surface area contributed by atoms with Gasteiger partial charge in [-0.25, -0.2) is 14.6 Å². The minimum atomic E-state index is -0.438. The molecule has 31 heavy (non-hydrogen) atoms. The van der Waals surface area contributed by atoms with Gasteiger partial charge in [0.05, 0.1) is 18.4 Å². The molecule has 0 saturated carbocycles. The second-order valence-electron chi connectivity index (χ2n) is 6.35. The summed E-state index contributed by atoms with van der Waals surface area (Å²) in [6.07, 6.45) is 0.636. The lowest BCUT2D eigenvalue weighted by molar-refractivity contribution is -0.116. The summed E-state index contributed by atoms with van der Waals surface area (Å²) in [5.41, 5.74) is 2.25. The number of hydrogen-bond acceptors (Lipinski definition) is 6. The van der Waals surface area contributed by atoms with E-state index < -0.39 is 12.0 Å². The fraction of sp³-hybridized carbons (Fsp3) is 0.143. The van der Waals surface area contributed by atoms with Gasteiger partial charge in [0.2, 0.25) is 5.91 Å². The standard InChI is InChI=1S/C21H19ClN4O4S/c1-30-19(28)13-5-7-15(8-6-13)23-18(27)10-9-17-12-31-21(25-17)26-20(29)24-16-4-2-3-14(22)11-16/h2-8,11-12H,9-10H2,1H3,(H,23,27)(H2,24,25,26,29). The van der Waals surface area contributed by atoms with Crippen molar-refractivity contribution < 1.29 is 19.1 Å². The van der Waals surface area contributed by atoms with Crippen LogP contribution in [0.15, 0.2) is 53.9 Å². The zero-order valence-corrected chi connectivity index (χ0v) is 18.0. The van der Waals surface area contributed by atoms with Gasteiger partial charge in [-0.15, -0.1) is 11.3 Å². The molecule has 0 atom stereocenters. The summed E-state index contributed by atoms with van der Waals surface area (Å²) in [6, 6.07) is 12.8. The quantitative estimate of drug-likeness (QED) is 0.440. The van der Waals surface area contributed by atoms with E-state index in [1.54, 1.807) is 53.9 Å². The summed E-state index contributed by atoms with van der Waals surface area (Å²) in [7, 11) is 1.31. The molecule has 3 aromatic rings. The summed E-state index contributed by atoms with van der Waals surface area (Å²) < 4.78 is 4.64. The maximum absolute atomic E-state index is 12.2. The minimum Gasteiger partial charge on any atom is -0.465 e. The van der Waals surface area contributed by atoms with Gasteiger partial charge >= 0.3 is 12.0 Å². The first-order chi connectivity index (χ1) is 14.9. The molecular weight excluding hydrogens is 440 g/mol. The molecule has 0 saturated heterocycles. The van der Waals surface area contributed by atoms with Crippen LogP contribution < -0.4 is 16.0 Å². The molecule has 1 aromatic heterocycles. The molecule has 0 bridgehead atoms. The second-order valence-corrected chi connectivity index (χ2v) is 7.65. The van der Waals surface area contributed by atoms with Crippen LogP contribution in [0.1, 0.15) is 22.5 Å². The third kappa shape index (κ3) is 6.80. The third-order valence-corrected chi connectivity index (χ3v) is 5.09. The van der Waals surface area contributed by atoms with Crippen molar-refractivity contribution in [3.63, 3.8) is 0 Å². The first-order valence-electron chi connectivity index (χ1n) is 9.19. The van der Waals surface area contributed by atoms with E-state index in [-0.39, 0.29) is 12.3 Å². The predicted molar refractivity (Wildman–Crippen MR) is 121 cm³/mol. The van der Waals surface area contributed by atoms with Crippen LogP contribution >= 0.6 is 22.9 Å². The van der Waals surface area contributed by atoms with Crippen molar-refractivity contribution in [1.29, 1.82) is 0 Å². The Kier molecular flexibility index (Phi) is 7.58. The number of rotatable bonds is 7. The van der Waals surface area contributed by atoms with Crippen LogP contribution in [0.2, 0.25) is 5.02 Å². The number of thiazole rings is 1. The summed E-state index contributed by atoms with van der Waals surface area (Å²) >= 11 is 7.16. The number of nitrogens with one attached hydrogen (secondary N) is 3. The first kappa shape index (κ1) is 22.3. The van der Waals surface area contributed by atoms with Gasteiger partial charge in [-0.2, -0.15) is 0 Å². The smallest absolute Gasteiger partial charge is 0.337 e. The van der Waals surface area contributed by atoms with Gasteiger partial charge in [-0.05, 0) is 48.9 Å². The van der Waals surface area contributed by atoms with E-state index in [9.17, 15) is 14.4 Å². The number of methoxy groups -OCH3 is 1. The summed E-state index contributed by atoms with van der Waals surface area (Å²) in [5, 5.41) is 10.8. The molecule has 3 N–H and O–H groups in total. The molecule has 10 heteroatoms. The fourth-order valence-electron chi connectivity index (χ4n) is 2.58. The highest BCUT2D eigenvalue weighted by molar-refractivity contribution is 7.13. The molecule has 0 spiro atoms. The van der Waals surface area contributed by atoms with E-state index in [1.807, 2.05) is 0 Å². The van der Waals surface area contributed by atoms with Gasteiger partial charge in [0.15, 0.2) is 5.13 Å². The normalized spacial score (nSPS) is 10.3. The fourth-order valence-corrected chi connectivity index (χ4v) is 3.51. The number of amides is 3. The molecule has 0 aliphatic carbocycles. The van der Waals surface area contributed by atoms with Crippen molar-refractivity contribution in [2.24, 2.45) is 0 Å². The van der Waals surface area contributed by atoms with Crippen molar-refractivity contribution in [2.45, 2.75) is 12.8 Å². The van der Waals surface area contributed by atoms with Crippen LogP contribution in [0, 0.1) is 0 Å². The number of nitrogens with zero attached hydrogens (tertiary/aromatic N) is 1. The van der Waals surface area contributed by atoms with Crippen LogP contribution in [-0.4, -0.2) is 30.0 Å². The number of hydrogen-bond donors (Lipinski definition) is 3. The zero-order valence-electron chi connectivity index (χ0n) is 16.5. The molecule has 0 aliphatic rings. The van der Waals surface area contributed by atoms with Crippen molar-refractivity contribution in [3.05, 3.63) is 70.2 Å². The Bertz CT molecular complexity index is 1080. The Morgan fingerprint density at radius 3 is 2.52 bits per heavy atom. The molecule has 0 unspecified atom stereocenters. The van der Waals surface area contributed by atoms with E-state index in [4.69, 9.17) is 11.6 Å². The summed E-state index contributed by atoms with van der Waals surface area (Å²) in [6.45, 7) is 0. The number of ether oxygens (including phenoxy) is 1. The molecule has 0 radical (unpaired) electrons. The molecule has 0 fully saturated rings. The van der Waals surface area contributed by atoms with Gasteiger partial charge in [0, 0.05) is 28.2 Å². The average molecular weight is 459 g/mol. The number of carbonyl (C=O) groups is 3. The lowest BCUT2D eigenvalue weighted by atomic mass is 10.2. The molecule has 3 rings (SSSR count). The van der Waals surface area contributed by atoms with Crippen molar-refractivity contribution in [3.8, 4) is 0 Å². The Labute approximate surface area is 187 Å². The van der Waals surface area contributed by atoms with Crippen molar-refractivity contribution in [2.75, 3.05) is 23.1 Å². The van der Waals surface area contributed by atoms with Crippen LogP contribution in [0.4, 0.5) is 21.3 Å². The van der Waals surface area contributed by atoms with E-state index in [2.05, 4.69) is 25.7 Å². The molecule has 0 aliphatic heterocycles. The molecule has 160 valence electrons. The molecule has 1 heterocycles. The molecule has 3 amide bonds. The van der Waals surface area contributed by atoms with Crippen LogP contribution in [0.5, 0.6) is 0 Å². The van der Waals surface area contributed by atoms with Gasteiger partial charge in [-0.3, -0.25) is 10.1 Å². The SMILES string of the molecule is COC(=O)c1ccc(NC(=O)CCc2csc(NC(=O)Nc3cccc(Cl)c3)n2)cc1. The van der Waals surface area contributed by atoms with Gasteiger partial charge in [0.25, 0.3) is 0 Å². The second kappa shape index (κ2) is 10.6. The lowest BCUT2D eigenvalue weighted by Gasteiger charge is -2.06. The van der Waals surface area contributed by atoms with Crippen LogP contribution in [0.25, 0.3) is 0 Å². The highest BCUT2D eigenvalue weighted by atomic mass is 35.5. The average Bonchev–Trinajstić information content (AvgIpc) is 3.19. The van der Waals surface area contributed by atoms with E-state index in [0.717, 1.165) is 0 Å². The van der Waals surface area contributed by atoms with E-state index in [0.29, 0.717) is 39.2 Å². The number of esters is 1. The van der Waals surface area contributed by atoms with E-state index in [1.165, 1.54) is 18.4 Å². The van der Waals surface area contributed by atoms with Gasteiger partial charge < -0.3 is 15.4 Å². The number of carbonyl (C=O) groups excluding carboxylic acids is 3. The summed E-state index contributed by atoms with van der Waals surface area (Å²) in [4.78, 5) is 40.0. The topological polar surface area (TPSA) is 109 Å².